The van der Waals surface area contributed by atoms with Gasteiger partial charge in [-0.2, -0.15) is 0 Å². The Morgan fingerprint density at radius 3 is 2.00 bits per heavy atom. The Morgan fingerprint density at radius 2 is 1.82 bits per heavy atom. The van der Waals surface area contributed by atoms with Crippen molar-refractivity contribution in [2.24, 2.45) is 11.3 Å². The molecule has 1 aliphatic heterocycles. The third-order valence-electron chi connectivity index (χ3n) is 2.62. The van der Waals surface area contributed by atoms with Crippen LogP contribution in [-0.2, 0) is 0 Å². The van der Waals surface area contributed by atoms with Crippen LogP contribution in [0.4, 0.5) is 0 Å². The van der Waals surface area contributed by atoms with Gasteiger partial charge in [0.1, 0.15) is 0 Å². The molecule has 1 fully saturated rings. The summed E-state index contributed by atoms with van der Waals surface area (Å²) >= 11 is 0. The number of rotatable bonds is 0. The molecule has 1 rings (SSSR count). The first-order chi connectivity index (χ1) is 4.50. The van der Waals surface area contributed by atoms with Crippen molar-refractivity contribution in [3.8, 4) is 0 Å². The summed E-state index contributed by atoms with van der Waals surface area (Å²) in [7, 11) is 2.21. The van der Waals surface area contributed by atoms with E-state index in [9.17, 15) is 0 Å². The maximum atomic E-state index is 2.43. The summed E-state index contributed by atoms with van der Waals surface area (Å²) in [6.45, 7) is 9.62. The first-order valence-electron chi connectivity index (χ1n) is 4.18. The third-order valence-corrected chi connectivity index (χ3v) is 2.62. The second-order valence-corrected chi connectivity index (χ2v) is 4.61. The summed E-state index contributed by atoms with van der Waals surface area (Å²) in [6, 6.07) is 0. The van der Waals surface area contributed by atoms with E-state index in [-0.39, 0.29) is 7.43 Å². The number of hydrogen-bond donors (Lipinski definition) is 0. The minimum Gasteiger partial charge on any atom is -0.306 e. The Morgan fingerprint density at radius 1 is 1.27 bits per heavy atom. The Bertz CT molecular complexity index is 113. The summed E-state index contributed by atoms with van der Waals surface area (Å²) in [5.74, 6) is 0.914. The molecule has 1 heterocycles. The van der Waals surface area contributed by atoms with E-state index in [4.69, 9.17) is 0 Å². The fraction of sp³-hybridized carbons (Fsp3) is 1.00. The quantitative estimate of drug-likeness (QED) is 0.522. The van der Waals surface area contributed by atoms with E-state index in [1.807, 2.05) is 0 Å². The first kappa shape index (κ1) is 11.0. The molecular weight excluding hydrogens is 134 g/mol. The average molecular weight is 157 g/mol. The number of likely N-dealkylation sites (tertiary alicyclic amines) is 1. The van der Waals surface area contributed by atoms with Crippen LogP contribution in [0.3, 0.4) is 0 Å². The van der Waals surface area contributed by atoms with E-state index >= 15 is 0 Å². The van der Waals surface area contributed by atoms with Crippen LogP contribution in [0.5, 0.6) is 0 Å². The van der Waals surface area contributed by atoms with Crippen LogP contribution < -0.4 is 0 Å². The summed E-state index contributed by atoms with van der Waals surface area (Å²) in [6.07, 6.45) is 1.39. The molecule has 1 unspecified atom stereocenters. The standard InChI is InChI=1S/C9H19N.CH4/c1-9(2,3)8-5-6-10(4)7-8;/h8H,5-7H2,1-4H3;1H4. The van der Waals surface area contributed by atoms with Crippen LogP contribution in [0.2, 0.25) is 0 Å². The van der Waals surface area contributed by atoms with Gasteiger partial charge in [-0.15, -0.1) is 0 Å². The highest BCUT2D eigenvalue weighted by atomic mass is 15.1. The summed E-state index contributed by atoms with van der Waals surface area (Å²) in [5, 5.41) is 0. The van der Waals surface area contributed by atoms with E-state index < -0.39 is 0 Å². The zero-order valence-corrected chi connectivity index (χ0v) is 7.65. The topological polar surface area (TPSA) is 3.24 Å². The third kappa shape index (κ3) is 2.82. The minimum atomic E-state index is 0. The van der Waals surface area contributed by atoms with Crippen molar-refractivity contribution in [2.75, 3.05) is 20.1 Å². The molecule has 0 radical (unpaired) electrons. The van der Waals surface area contributed by atoms with Crippen LogP contribution >= 0.6 is 0 Å². The highest BCUT2D eigenvalue weighted by Gasteiger charge is 2.29. The maximum Gasteiger partial charge on any atom is 0.00121 e. The molecule has 1 saturated heterocycles. The van der Waals surface area contributed by atoms with Gasteiger partial charge in [0.15, 0.2) is 0 Å². The molecule has 0 aromatic rings. The summed E-state index contributed by atoms with van der Waals surface area (Å²) in [4.78, 5) is 2.43. The average Bonchev–Trinajstić information content (AvgIpc) is 2.11. The summed E-state index contributed by atoms with van der Waals surface area (Å²) in [5.41, 5.74) is 0.519. The molecule has 0 bridgehead atoms. The Balaban J connectivity index is 0.000001000. The molecule has 1 heteroatoms. The Kier molecular flexibility index (Phi) is 3.56. The van der Waals surface area contributed by atoms with Gasteiger partial charge in [0, 0.05) is 6.54 Å². The zero-order valence-electron chi connectivity index (χ0n) is 7.65. The molecule has 1 nitrogen and oxygen atoms in total. The van der Waals surface area contributed by atoms with Crippen LogP contribution in [0.25, 0.3) is 0 Å². The Hall–Kier alpha value is -0.0400. The molecule has 1 atom stereocenters. The fourth-order valence-corrected chi connectivity index (χ4v) is 1.64. The van der Waals surface area contributed by atoms with Crippen molar-refractivity contribution in [1.29, 1.82) is 0 Å². The lowest BCUT2D eigenvalue weighted by Crippen LogP contribution is -2.23. The smallest absolute Gasteiger partial charge is 0.00121 e. The molecule has 0 aliphatic carbocycles. The van der Waals surface area contributed by atoms with Gasteiger partial charge >= 0.3 is 0 Å². The van der Waals surface area contributed by atoms with Crippen molar-refractivity contribution < 1.29 is 0 Å². The number of hydrogen-bond acceptors (Lipinski definition) is 1. The van der Waals surface area contributed by atoms with Gasteiger partial charge < -0.3 is 4.90 Å². The van der Waals surface area contributed by atoms with E-state index in [2.05, 4.69) is 32.7 Å². The molecule has 1 aliphatic rings. The van der Waals surface area contributed by atoms with Gasteiger partial charge in [-0.25, -0.2) is 0 Å². The van der Waals surface area contributed by atoms with Crippen molar-refractivity contribution >= 4 is 0 Å². The van der Waals surface area contributed by atoms with Crippen LogP contribution in [0.1, 0.15) is 34.6 Å². The van der Waals surface area contributed by atoms with Crippen LogP contribution in [0.15, 0.2) is 0 Å². The Labute approximate surface area is 71.8 Å². The lowest BCUT2D eigenvalue weighted by atomic mass is 9.80. The first-order valence-corrected chi connectivity index (χ1v) is 4.18. The van der Waals surface area contributed by atoms with E-state index in [1.165, 1.54) is 19.5 Å². The molecule has 0 saturated carbocycles. The largest absolute Gasteiger partial charge is 0.306 e. The number of nitrogens with zero attached hydrogens (tertiary/aromatic N) is 1. The normalized spacial score (nSPS) is 26.7. The highest BCUT2D eigenvalue weighted by Crippen LogP contribution is 2.32. The summed E-state index contributed by atoms with van der Waals surface area (Å²) < 4.78 is 0. The molecule has 0 spiro atoms. The van der Waals surface area contributed by atoms with Gasteiger partial charge in [0.2, 0.25) is 0 Å². The predicted molar refractivity (Wildman–Crippen MR) is 51.8 cm³/mol. The van der Waals surface area contributed by atoms with Crippen molar-refractivity contribution in [3.63, 3.8) is 0 Å². The maximum absolute atomic E-state index is 2.43. The second kappa shape index (κ2) is 3.57. The molecule has 11 heavy (non-hydrogen) atoms. The van der Waals surface area contributed by atoms with Crippen molar-refractivity contribution in [2.45, 2.75) is 34.6 Å². The molecular formula is C10H23N. The fourth-order valence-electron chi connectivity index (χ4n) is 1.64. The van der Waals surface area contributed by atoms with E-state index in [0.29, 0.717) is 5.41 Å². The van der Waals surface area contributed by atoms with Crippen molar-refractivity contribution in [1.82, 2.24) is 4.90 Å². The molecule has 0 aromatic carbocycles. The van der Waals surface area contributed by atoms with Gasteiger partial charge in [-0.1, -0.05) is 28.2 Å². The molecule has 68 valence electrons. The minimum absolute atomic E-state index is 0. The predicted octanol–water partition coefficient (Wildman–Crippen LogP) is 2.62. The monoisotopic (exact) mass is 157 g/mol. The van der Waals surface area contributed by atoms with E-state index in [1.54, 1.807) is 0 Å². The second-order valence-electron chi connectivity index (χ2n) is 4.61. The van der Waals surface area contributed by atoms with Gasteiger partial charge in [-0.3, -0.25) is 0 Å². The van der Waals surface area contributed by atoms with Gasteiger partial charge in [0.05, 0.1) is 0 Å². The van der Waals surface area contributed by atoms with Crippen LogP contribution in [-0.4, -0.2) is 25.0 Å². The van der Waals surface area contributed by atoms with Gasteiger partial charge in [0.25, 0.3) is 0 Å². The van der Waals surface area contributed by atoms with E-state index in [0.717, 1.165) is 5.92 Å². The zero-order chi connectivity index (χ0) is 7.78. The molecule has 0 N–H and O–H groups in total. The highest BCUT2D eigenvalue weighted by molar-refractivity contribution is 4.81. The molecule has 0 aromatic heterocycles. The SMILES string of the molecule is C.CN1CCC(C(C)(C)C)C1. The molecule has 0 amide bonds. The van der Waals surface area contributed by atoms with Crippen molar-refractivity contribution in [3.05, 3.63) is 0 Å². The van der Waals surface area contributed by atoms with Gasteiger partial charge in [-0.05, 0) is 31.3 Å². The lowest BCUT2D eigenvalue weighted by Gasteiger charge is -2.26. The lowest BCUT2D eigenvalue weighted by molar-refractivity contribution is 0.241. The van der Waals surface area contributed by atoms with Crippen LogP contribution in [0, 0.1) is 11.3 Å².